The summed E-state index contributed by atoms with van der Waals surface area (Å²) in [6, 6.07) is 3.58. The molecule has 4 nitrogen and oxygen atoms in total. The first-order chi connectivity index (χ1) is 10.5. The monoisotopic (exact) mass is 322 g/mol. The number of carbonyl (C=O) groups is 1. The Balaban J connectivity index is 2.29. The molecule has 22 heavy (non-hydrogen) atoms. The minimum atomic E-state index is -0.929. The third-order valence-electron chi connectivity index (χ3n) is 4.68. The Morgan fingerprint density at radius 1 is 1.32 bits per heavy atom. The van der Waals surface area contributed by atoms with Crippen molar-refractivity contribution in [3.8, 4) is 5.75 Å². The number of methoxy groups -OCH3 is 1. The summed E-state index contributed by atoms with van der Waals surface area (Å²) < 4.78 is 11.1. The van der Waals surface area contributed by atoms with Crippen molar-refractivity contribution in [1.82, 2.24) is 0 Å². The van der Waals surface area contributed by atoms with Crippen LogP contribution >= 0.6 is 11.6 Å². The lowest BCUT2D eigenvalue weighted by Gasteiger charge is -2.34. The number of ether oxygens (including phenoxy) is 1. The predicted molar refractivity (Wildman–Crippen MR) is 84.9 cm³/mol. The summed E-state index contributed by atoms with van der Waals surface area (Å²) in [5, 5.41) is 11.1. The third-order valence-corrected chi connectivity index (χ3v) is 5.09. The molecule has 2 aromatic rings. The van der Waals surface area contributed by atoms with E-state index in [9.17, 15) is 9.90 Å². The normalized spacial score (nSPS) is 17.6. The molecule has 0 aliphatic heterocycles. The van der Waals surface area contributed by atoms with Crippen molar-refractivity contribution in [3.63, 3.8) is 0 Å². The highest BCUT2D eigenvalue weighted by Gasteiger charge is 2.43. The maximum absolute atomic E-state index is 12.0. The molecule has 0 atom stereocenters. The second-order valence-corrected chi connectivity index (χ2v) is 6.37. The van der Waals surface area contributed by atoms with Crippen LogP contribution in [0.3, 0.4) is 0 Å². The first kappa shape index (κ1) is 15.2. The van der Waals surface area contributed by atoms with Gasteiger partial charge in [0, 0.05) is 5.39 Å². The molecule has 3 rings (SSSR count). The van der Waals surface area contributed by atoms with Gasteiger partial charge in [-0.2, -0.15) is 0 Å². The number of carboxylic acid groups (broad SMARTS) is 1. The van der Waals surface area contributed by atoms with Gasteiger partial charge in [0.15, 0.2) is 11.3 Å². The summed E-state index contributed by atoms with van der Waals surface area (Å²) in [4.78, 5) is 12.0. The van der Waals surface area contributed by atoms with E-state index in [0.717, 1.165) is 30.4 Å². The zero-order valence-electron chi connectivity index (χ0n) is 12.7. The van der Waals surface area contributed by atoms with E-state index in [1.165, 1.54) is 0 Å². The Hall–Kier alpha value is -1.68. The SMILES string of the molecule is COc1cc(C2(C(=O)O)CCCCC2)c(Cl)c2cc(C)oc12. The Morgan fingerprint density at radius 3 is 2.59 bits per heavy atom. The second kappa shape index (κ2) is 5.51. The third kappa shape index (κ3) is 2.17. The summed E-state index contributed by atoms with van der Waals surface area (Å²) in [6.45, 7) is 1.84. The highest BCUT2D eigenvalue weighted by molar-refractivity contribution is 6.36. The summed E-state index contributed by atoms with van der Waals surface area (Å²) in [5.74, 6) is 0.449. The summed E-state index contributed by atoms with van der Waals surface area (Å²) in [7, 11) is 1.55. The van der Waals surface area contributed by atoms with Gasteiger partial charge in [0.05, 0.1) is 17.5 Å². The van der Waals surface area contributed by atoms with Gasteiger partial charge >= 0.3 is 5.97 Å². The van der Waals surface area contributed by atoms with E-state index in [0.29, 0.717) is 34.8 Å². The average Bonchev–Trinajstić information content (AvgIpc) is 2.90. The first-order valence-corrected chi connectivity index (χ1v) is 7.88. The Labute approximate surface area is 134 Å². The van der Waals surface area contributed by atoms with Crippen LogP contribution in [0.1, 0.15) is 43.4 Å². The van der Waals surface area contributed by atoms with Crippen LogP contribution in [0.15, 0.2) is 16.5 Å². The molecule has 1 aromatic heterocycles. The fourth-order valence-electron chi connectivity index (χ4n) is 3.52. The van der Waals surface area contributed by atoms with Crippen LogP contribution in [0.5, 0.6) is 5.75 Å². The van der Waals surface area contributed by atoms with Gasteiger partial charge in [0.2, 0.25) is 0 Å². The minimum Gasteiger partial charge on any atom is -0.493 e. The van der Waals surface area contributed by atoms with Gasteiger partial charge in [-0.05, 0) is 37.5 Å². The molecule has 1 aliphatic carbocycles. The fraction of sp³-hybridized carbons (Fsp3) is 0.471. The van der Waals surface area contributed by atoms with Crippen LogP contribution in [0.2, 0.25) is 5.02 Å². The van der Waals surface area contributed by atoms with E-state index < -0.39 is 11.4 Å². The first-order valence-electron chi connectivity index (χ1n) is 7.50. The van der Waals surface area contributed by atoms with Crippen LogP contribution in [0, 0.1) is 6.92 Å². The number of aliphatic carboxylic acids is 1. The number of halogens is 1. The van der Waals surface area contributed by atoms with Gasteiger partial charge in [-0.1, -0.05) is 30.9 Å². The summed E-state index contributed by atoms with van der Waals surface area (Å²) in [6.07, 6.45) is 4.07. The summed E-state index contributed by atoms with van der Waals surface area (Å²) in [5.41, 5.74) is 0.290. The molecule has 1 fully saturated rings. The molecule has 1 saturated carbocycles. The second-order valence-electron chi connectivity index (χ2n) is 5.99. The number of carboxylic acids is 1. The predicted octanol–water partition coefficient (Wildman–Crippen LogP) is 4.69. The Morgan fingerprint density at radius 2 is 2.00 bits per heavy atom. The minimum absolute atomic E-state index is 0.469. The van der Waals surface area contributed by atoms with Gasteiger partial charge in [0.25, 0.3) is 0 Å². The average molecular weight is 323 g/mol. The van der Waals surface area contributed by atoms with Crippen molar-refractivity contribution < 1.29 is 19.1 Å². The number of fused-ring (bicyclic) bond motifs is 1. The van der Waals surface area contributed by atoms with Gasteiger partial charge < -0.3 is 14.3 Å². The molecule has 0 spiro atoms. The lowest BCUT2D eigenvalue weighted by atomic mass is 9.69. The van der Waals surface area contributed by atoms with E-state index in [1.807, 2.05) is 13.0 Å². The zero-order chi connectivity index (χ0) is 15.9. The van der Waals surface area contributed by atoms with Crippen molar-refractivity contribution in [3.05, 3.63) is 28.5 Å². The molecule has 0 radical (unpaired) electrons. The molecule has 1 aromatic carbocycles. The Kier molecular flexibility index (Phi) is 3.81. The Bertz CT molecular complexity index is 726. The van der Waals surface area contributed by atoms with Crippen molar-refractivity contribution in [2.75, 3.05) is 7.11 Å². The molecular formula is C17H19ClO4. The number of benzene rings is 1. The van der Waals surface area contributed by atoms with Gasteiger partial charge in [0.1, 0.15) is 5.76 Å². The van der Waals surface area contributed by atoms with Gasteiger partial charge in [-0.3, -0.25) is 4.79 Å². The van der Waals surface area contributed by atoms with Gasteiger partial charge in [-0.25, -0.2) is 0 Å². The fourth-order valence-corrected chi connectivity index (χ4v) is 3.89. The lowest BCUT2D eigenvalue weighted by Crippen LogP contribution is -2.38. The molecule has 5 heteroatoms. The lowest BCUT2D eigenvalue weighted by molar-refractivity contribution is -0.145. The van der Waals surface area contributed by atoms with Crippen LogP contribution < -0.4 is 4.74 Å². The molecule has 0 amide bonds. The summed E-state index contributed by atoms with van der Waals surface area (Å²) >= 11 is 6.57. The van der Waals surface area contributed by atoms with E-state index in [4.69, 9.17) is 20.8 Å². The molecule has 0 saturated heterocycles. The van der Waals surface area contributed by atoms with E-state index in [1.54, 1.807) is 13.2 Å². The molecule has 118 valence electrons. The molecule has 0 bridgehead atoms. The topological polar surface area (TPSA) is 59.7 Å². The molecule has 0 unspecified atom stereocenters. The number of furan rings is 1. The number of aryl methyl sites for hydroxylation is 1. The van der Waals surface area contributed by atoms with Crippen LogP contribution in [-0.4, -0.2) is 18.2 Å². The number of rotatable bonds is 3. The number of hydrogen-bond donors (Lipinski definition) is 1. The molecule has 1 N–H and O–H groups in total. The molecule has 1 aliphatic rings. The quantitative estimate of drug-likeness (QED) is 0.890. The highest BCUT2D eigenvalue weighted by Crippen LogP contribution is 2.47. The smallest absolute Gasteiger partial charge is 0.314 e. The van der Waals surface area contributed by atoms with Crippen molar-refractivity contribution >= 4 is 28.5 Å². The number of hydrogen-bond acceptors (Lipinski definition) is 3. The highest BCUT2D eigenvalue weighted by atomic mass is 35.5. The maximum Gasteiger partial charge on any atom is 0.314 e. The van der Waals surface area contributed by atoms with Crippen LogP contribution in [0.4, 0.5) is 0 Å². The van der Waals surface area contributed by atoms with Crippen LogP contribution in [0.25, 0.3) is 11.0 Å². The van der Waals surface area contributed by atoms with Crippen molar-refractivity contribution in [2.24, 2.45) is 0 Å². The van der Waals surface area contributed by atoms with Crippen molar-refractivity contribution in [2.45, 2.75) is 44.4 Å². The molecular weight excluding hydrogens is 304 g/mol. The van der Waals surface area contributed by atoms with Gasteiger partial charge in [-0.15, -0.1) is 0 Å². The van der Waals surface area contributed by atoms with E-state index >= 15 is 0 Å². The molecule has 1 heterocycles. The van der Waals surface area contributed by atoms with E-state index in [2.05, 4.69) is 0 Å². The van der Waals surface area contributed by atoms with Crippen LogP contribution in [-0.2, 0) is 10.2 Å². The maximum atomic E-state index is 12.0. The largest absolute Gasteiger partial charge is 0.493 e. The van der Waals surface area contributed by atoms with E-state index in [-0.39, 0.29) is 0 Å². The zero-order valence-corrected chi connectivity index (χ0v) is 13.5. The van der Waals surface area contributed by atoms with Crippen molar-refractivity contribution in [1.29, 1.82) is 0 Å². The standard InChI is InChI=1S/C17H19ClO4/c1-10-8-11-14(18)12(9-13(21-2)15(11)22-10)17(16(19)20)6-4-3-5-7-17/h8-9H,3-7H2,1-2H3,(H,19,20).